The number of aromatic nitrogens is 2. The summed E-state index contributed by atoms with van der Waals surface area (Å²) in [6, 6.07) is 0. The van der Waals surface area contributed by atoms with E-state index in [1.54, 1.807) is 6.20 Å². The number of ether oxygens (including phenoxy) is 1. The minimum absolute atomic E-state index is 0.203. The van der Waals surface area contributed by atoms with Gasteiger partial charge in [-0.2, -0.15) is 0 Å². The van der Waals surface area contributed by atoms with E-state index >= 15 is 0 Å². The Morgan fingerprint density at radius 1 is 1.56 bits per heavy atom. The highest BCUT2D eigenvalue weighted by Crippen LogP contribution is 2.31. The van der Waals surface area contributed by atoms with Gasteiger partial charge in [-0.3, -0.25) is 4.79 Å². The third-order valence-electron chi connectivity index (χ3n) is 3.89. The van der Waals surface area contributed by atoms with Crippen molar-refractivity contribution in [2.75, 3.05) is 19.8 Å². The average molecular weight is 251 g/mol. The van der Waals surface area contributed by atoms with Crippen LogP contribution in [0.25, 0.3) is 0 Å². The first-order valence-electron chi connectivity index (χ1n) is 6.53. The molecule has 18 heavy (non-hydrogen) atoms. The Hall–Kier alpha value is -1.20. The molecule has 5 heteroatoms. The zero-order chi connectivity index (χ0) is 13.0. The lowest BCUT2D eigenvalue weighted by Gasteiger charge is -2.34. The zero-order valence-electron chi connectivity index (χ0n) is 10.9. The van der Waals surface area contributed by atoms with Crippen LogP contribution in [0.3, 0.4) is 0 Å². The first kappa shape index (κ1) is 13.2. The van der Waals surface area contributed by atoms with Crippen LogP contribution in [0.2, 0.25) is 0 Å². The molecule has 0 spiro atoms. The summed E-state index contributed by atoms with van der Waals surface area (Å²) in [5.41, 5.74) is 5.44. The number of imidazole rings is 1. The highest BCUT2D eigenvalue weighted by Gasteiger charge is 2.38. The Labute approximate surface area is 107 Å². The standard InChI is InChI=1S/C13H21N3O2/c1-2-16-6-5-15-12(16)9-11(17)13(10-14)3-7-18-8-4-13/h5-6H,2-4,7-10,14H2,1H3. The largest absolute Gasteiger partial charge is 0.381 e. The number of aryl methyl sites for hydroxylation is 1. The monoisotopic (exact) mass is 251 g/mol. The predicted molar refractivity (Wildman–Crippen MR) is 68.2 cm³/mol. The quantitative estimate of drug-likeness (QED) is 0.839. The van der Waals surface area contributed by atoms with Gasteiger partial charge >= 0.3 is 0 Å². The minimum Gasteiger partial charge on any atom is -0.381 e. The molecule has 1 saturated heterocycles. The van der Waals surface area contributed by atoms with Gasteiger partial charge in [0, 0.05) is 44.1 Å². The topological polar surface area (TPSA) is 70.1 Å². The molecule has 0 radical (unpaired) electrons. The smallest absolute Gasteiger partial charge is 0.147 e. The molecule has 100 valence electrons. The molecule has 1 aromatic heterocycles. The maximum Gasteiger partial charge on any atom is 0.147 e. The molecule has 0 bridgehead atoms. The van der Waals surface area contributed by atoms with Crippen LogP contribution in [-0.2, 0) is 22.5 Å². The fourth-order valence-electron chi connectivity index (χ4n) is 2.49. The number of nitrogens with two attached hydrogens (primary N) is 1. The van der Waals surface area contributed by atoms with Crippen LogP contribution < -0.4 is 5.73 Å². The molecule has 0 unspecified atom stereocenters. The van der Waals surface area contributed by atoms with Crippen LogP contribution in [0, 0.1) is 5.41 Å². The van der Waals surface area contributed by atoms with Crippen molar-refractivity contribution < 1.29 is 9.53 Å². The van der Waals surface area contributed by atoms with Crippen molar-refractivity contribution in [2.45, 2.75) is 32.7 Å². The van der Waals surface area contributed by atoms with E-state index in [9.17, 15) is 4.79 Å². The van der Waals surface area contributed by atoms with Crippen molar-refractivity contribution in [1.29, 1.82) is 0 Å². The maximum atomic E-state index is 12.5. The Morgan fingerprint density at radius 3 is 2.89 bits per heavy atom. The molecule has 0 atom stereocenters. The highest BCUT2D eigenvalue weighted by atomic mass is 16.5. The van der Waals surface area contributed by atoms with Crippen LogP contribution >= 0.6 is 0 Å². The molecule has 1 aliphatic rings. The molecule has 0 saturated carbocycles. The first-order valence-corrected chi connectivity index (χ1v) is 6.53. The van der Waals surface area contributed by atoms with Crippen molar-refractivity contribution in [3.8, 4) is 0 Å². The lowest BCUT2D eigenvalue weighted by atomic mass is 9.75. The summed E-state index contributed by atoms with van der Waals surface area (Å²) < 4.78 is 7.33. The van der Waals surface area contributed by atoms with Crippen LogP contribution in [0.15, 0.2) is 12.4 Å². The van der Waals surface area contributed by atoms with E-state index in [4.69, 9.17) is 10.5 Å². The number of ketones is 1. The first-order chi connectivity index (χ1) is 8.72. The van der Waals surface area contributed by atoms with Gasteiger partial charge in [-0.05, 0) is 19.8 Å². The molecule has 1 fully saturated rings. The predicted octanol–water partition coefficient (Wildman–Crippen LogP) is 0.770. The normalized spacial score (nSPS) is 18.8. The Bertz CT molecular complexity index is 408. The summed E-state index contributed by atoms with van der Waals surface area (Å²) in [6.07, 6.45) is 5.48. The molecule has 2 heterocycles. The van der Waals surface area contributed by atoms with Gasteiger partial charge < -0.3 is 15.0 Å². The Kier molecular flexibility index (Phi) is 4.14. The van der Waals surface area contributed by atoms with E-state index < -0.39 is 5.41 Å². The summed E-state index contributed by atoms with van der Waals surface area (Å²) in [7, 11) is 0. The van der Waals surface area contributed by atoms with E-state index in [-0.39, 0.29) is 5.78 Å². The molecule has 2 N–H and O–H groups in total. The van der Waals surface area contributed by atoms with Crippen molar-refractivity contribution in [3.05, 3.63) is 18.2 Å². The average Bonchev–Trinajstić information content (AvgIpc) is 2.86. The lowest BCUT2D eigenvalue weighted by Crippen LogP contribution is -2.44. The number of rotatable bonds is 5. The lowest BCUT2D eigenvalue weighted by molar-refractivity contribution is -0.133. The van der Waals surface area contributed by atoms with Gasteiger partial charge in [0.1, 0.15) is 11.6 Å². The summed E-state index contributed by atoms with van der Waals surface area (Å²) >= 11 is 0. The van der Waals surface area contributed by atoms with Gasteiger partial charge in [0.15, 0.2) is 0 Å². The van der Waals surface area contributed by atoms with Gasteiger partial charge in [-0.1, -0.05) is 0 Å². The molecular weight excluding hydrogens is 230 g/mol. The second-order valence-corrected chi connectivity index (χ2v) is 4.83. The molecule has 0 aromatic carbocycles. The van der Waals surface area contributed by atoms with Gasteiger partial charge in [0.2, 0.25) is 0 Å². The summed E-state index contributed by atoms with van der Waals surface area (Å²) in [4.78, 5) is 16.8. The summed E-state index contributed by atoms with van der Waals surface area (Å²) in [5, 5.41) is 0. The van der Waals surface area contributed by atoms with E-state index in [1.807, 2.05) is 17.7 Å². The Morgan fingerprint density at radius 2 is 2.28 bits per heavy atom. The zero-order valence-corrected chi connectivity index (χ0v) is 10.9. The van der Waals surface area contributed by atoms with Crippen LogP contribution in [0.5, 0.6) is 0 Å². The fourth-order valence-corrected chi connectivity index (χ4v) is 2.49. The SMILES string of the molecule is CCn1ccnc1CC(=O)C1(CN)CCOCC1. The van der Waals surface area contributed by atoms with E-state index in [2.05, 4.69) is 4.98 Å². The highest BCUT2D eigenvalue weighted by molar-refractivity contribution is 5.86. The molecule has 1 aliphatic heterocycles. The molecule has 0 aliphatic carbocycles. The van der Waals surface area contributed by atoms with Crippen LogP contribution in [-0.4, -0.2) is 35.1 Å². The molecule has 2 rings (SSSR count). The number of carbonyl (C=O) groups is 1. The van der Waals surface area contributed by atoms with Crippen molar-refractivity contribution >= 4 is 5.78 Å². The van der Waals surface area contributed by atoms with E-state index in [0.717, 1.165) is 25.2 Å². The molecule has 5 nitrogen and oxygen atoms in total. The molecule has 0 amide bonds. The van der Waals surface area contributed by atoms with Gasteiger partial charge in [-0.25, -0.2) is 4.98 Å². The number of Topliss-reactive ketones (excluding diaryl/α,β-unsaturated/α-hetero) is 1. The number of carbonyl (C=O) groups excluding carboxylic acids is 1. The van der Waals surface area contributed by atoms with E-state index in [1.165, 1.54) is 0 Å². The van der Waals surface area contributed by atoms with Gasteiger partial charge in [0.25, 0.3) is 0 Å². The number of nitrogens with zero attached hydrogens (tertiary/aromatic N) is 2. The minimum atomic E-state index is -0.400. The van der Waals surface area contributed by atoms with Gasteiger partial charge in [0.05, 0.1) is 6.42 Å². The van der Waals surface area contributed by atoms with E-state index in [0.29, 0.717) is 26.2 Å². The van der Waals surface area contributed by atoms with Crippen molar-refractivity contribution in [1.82, 2.24) is 9.55 Å². The summed E-state index contributed by atoms with van der Waals surface area (Å²) in [6.45, 7) is 4.54. The molecular formula is C13H21N3O2. The Balaban J connectivity index is 2.10. The number of hydrogen-bond donors (Lipinski definition) is 1. The van der Waals surface area contributed by atoms with Crippen molar-refractivity contribution in [2.24, 2.45) is 11.1 Å². The van der Waals surface area contributed by atoms with Crippen molar-refractivity contribution in [3.63, 3.8) is 0 Å². The second kappa shape index (κ2) is 5.63. The number of hydrogen-bond acceptors (Lipinski definition) is 4. The second-order valence-electron chi connectivity index (χ2n) is 4.83. The van der Waals surface area contributed by atoms with Crippen LogP contribution in [0.1, 0.15) is 25.6 Å². The third kappa shape index (κ3) is 2.47. The van der Waals surface area contributed by atoms with Gasteiger partial charge in [-0.15, -0.1) is 0 Å². The summed E-state index contributed by atoms with van der Waals surface area (Å²) in [5.74, 6) is 1.04. The fraction of sp³-hybridized carbons (Fsp3) is 0.692. The third-order valence-corrected chi connectivity index (χ3v) is 3.89. The van der Waals surface area contributed by atoms with Crippen LogP contribution in [0.4, 0.5) is 0 Å². The molecule has 1 aromatic rings. The maximum absolute atomic E-state index is 12.5.